The minimum absolute atomic E-state index is 0.0100. The molecule has 0 saturated carbocycles. The second kappa shape index (κ2) is 13.5. The number of hydrogen-bond donors (Lipinski definition) is 3. The van der Waals surface area contributed by atoms with Gasteiger partial charge in [0.2, 0.25) is 5.91 Å². The molecule has 0 aliphatic carbocycles. The van der Waals surface area contributed by atoms with Crippen LogP contribution in [0.25, 0.3) is 10.9 Å². The van der Waals surface area contributed by atoms with Gasteiger partial charge in [-0.25, -0.2) is 4.99 Å². The number of H-pyrrole nitrogens is 1. The number of hydrogen-bond acceptors (Lipinski definition) is 5. The Kier molecular flexibility index (Phi) is 9.81. The van der Waals surface area contributed by atoms with E-state index in [1.807, 2.05) is 68.7 Å². The van der Waals surface area contributed by atoms with Crippen LogP contribution in [-0.2, 0) is 16.0 Å². The lowest BCUT2D eigenvalue weighted by molar-refractivity contribution is -0.137. The summed E-state index contributed by atoms with van der Waals surface area (Å²) in [6.45, 7) is 0.952. The van der Waals surface area contributed by atoms with Gasteiger partial charge in [-0.3, -0.25) is 9.59 Å². The summed E-state index contributed by atoms with van der Waals surface area (Å²) >= 11 is 6.19. The maximum atomic E-state index is 12.7. The van der Waals surface area contributed by atoms with Crippen LogP contribution in [0.4, 0.5) is 11.4 Å². The molecule has 1 amide bonds. The Bertz CT molecular complexity index is 1560. The first-order chi connectivity index (χ1) is 19.6. The number of nitrogens with zero attached hydrogens (tertiary/aromatic N) is 3. The van der Waals surface area contributed by atoms with Gasteiger partial charge in [0.1, 0.15) is 0 Å². The van der Waals surface area contributed by atoms with Crippen molar-refractivity contribution in [3.8, 4) is 5.88 Å². The van der Waals surface area contributed by atoms with Crippen molar-refractivity contribution >= 4 is 51.5 Å². The average Bonchev–Trinajstić information content (AvgIpc) is 3.27. The molecule has 0 bridgehead atoms. The predicted octanol–water partition coefficient (Wildman–Crippen LogP) is 6.41. The Labute approximate surface area is 244 Å². The van der Waals surface area contributed by atoms with Crippen LogP contribution in [0.15, 0.2) is 71.7 Å². The average molecular weight is 575 g/mol. The number of nitrogens with one attached hydrogen (secondary N) is 1. The number of fused-ring (bicyclic) bond motifs is 1. The summed E-state index contributed by atoms with van der Waals surface area (Å²) in [5, 5.41) is 21.4. The fraction of sp³-hybridized carbons (Fsp3) is 0.281. The number of aromatic nitrogens is 1. The Balaban J connectivity index is 1.68. The number of carboxylic acids is 1. The normalized spacial score (nSPS) is 11.8. The molecule has 3 aromatic carbocycles. The molecule has 0 aliphatic rings. The molecule has 8 nitrogen and oxygen atoms in total. The molecule has 1 aromatic heterocycles. The lowest BCUT2D eigenvalue weighted by atomic mass is 9.97. The van der Waals surface area contributed by atoms with Crippen molar-refractivity contribution in [3.05, 3.63) is 88.4 Å². The minimum Gasteiger partial charge on any atom is -0.494 e. The van der Waals surface area contributed by atoms with Gasteiger partial charge in [-0.1, -0.05) is 35.9 Å². The molecule has 4 aromatic rings. The molecule has 0 radical (unpaired) electrons. The Morgan fingerprint density at radius 1 is 0.951 bits per heavy atom. The molecule has 41 heavy (non-hydrogen) atoms. The smallest absolute Gasteiger partial charge is 0.303 e. The lowest BCUT2D eigenvalue weighted by Gasteiger charge is -2.18. The summed E-state index contributed by atoms with van der Waals surface area (Å²) in [4.78, 5) is 35.6. The number of carboxylic acid groups (broad SMARTS) is 1. The molecule has 0 saturated heterocycles. The fourth-order valence-electron chi connectivity index (χ4n) is 4.68. The zero-order valence-electron chi connectivity index (χ0n) is 23.5. The number of anilines is 1. The quantitative estimate of drug-likeness (QED) is 0.134. The highest BCUT2D eigenvalue weighted by molar-refractivity contribution is 6.31. The number of aromatic amines is 1. The van der Waals surface area contributed by atoms with Gasteiger partial charge in [0.15, 0.2) is 5.88 Å². The Hall–Kier alpha value is -4.14. The van der Waals surface area contributed by atoms with Crippen LogP contribution in [0.1, 0.15) is 42.4 Å². The van der Waals surface area contributed by atoms with E-state index in [0.717, 1.165) is 41.6 Å². The Morgan fingerprint density at radius 2 is 1.71 bits per heavy atom. The molecule has 0 spiro atoms. The molecular weight excluding hydrogens is 540 g/mol. The molecule has 214 valence electrons. The van der Waals surface area contributed by atoms with Gasteiger partial charge < -0.3 is 25.0 Å². The first-order valence-corrected chi connectivity index (χ1v) is 13.9. The minimum atomic E-state index is -0.868. The largest absolute Gasteiger partial charge is 0.494 e. The van der Waals surface area contributed by atoms with Crippen molar-refractivity contribution < 1.29 is 19.8 Å². The van der Waals surface area contributed by atoms with Gasteiger partial charge in [0, 0.05) is 41.5 Å². The number of aromatic hydroxyl groups is 1. The van der Waals surface area contributed by atoms with Crippen molar-refractivity contribution in [2.45, 2.75) is 32.1 Å². The van der Waals surface area contributed by atoms with Crippen LogP contribution in [0.2, 0.25) is 5.02 Å². The Morgan fingerprint density at radius 3 is 2.41 bits per heavy atom. The molecule has 0 fully saturated rings. The molecule has 9 heteroatoms. The van der Waals surface area contributed by atoms with Crippen LogP contribution in [0.5, 0.6) is 5.88 Å². The summed E-state index contributed by atoms with van der Waals surface area (Å²) in [7, 11) is 5.82. The van der Waals surface area contributed by atoms with Crippen molar-refractivity contribution in [1.29, 1.82) is 0 Å². The van der Waals surface area contributed by atoms with E-state index in [4.69, 9.17) is 21.7 Å². The standard InChI is InChI=1S/C32H35ClN4O4/c1-36(2)18-5-4-9-28(38)37(3)25-14-12-24(13-15-25)34-31(22-8-6-7-21(19-22)10-17-29(39)40)30-26-16-11-23(33)20-27(26)35-32(30)41/h6-8,11-16,19-20,35,41H,4-5,9-10,17-18H2,1-3H3,(H,39,40). The number of rotatable bonds is 12. The van der Waals surface area contributed by atoms with Gasteiger partial charge in [-0.2, -0.15) is 0 Å². The van der Waals surface area contributed by atoms with Crippen molar-refractivity contribution in [1.82, 2.24) is 9.88 Å². The zero-order chi connectivity index (χ0) is 29.5. The van der Waals surface area contributed by atoms with Gasteiger partial charge in [0.05, 0.1) is 22.5 Å². The van der Waals surface area contributed by atoms with Gasteiger partial charge in [0.25, 0.3) is 0 Å². The van der Waals surface area contributed by atoms with Crippen LogP contribution in [0.3, 0.4) is 0 Å². The van der Waals surface area contributed by atoms with E-state index in [9.17, 15) is 14.7 Å². The molecule has 0 unspecified atom stereocenters. The lowest BCUT2D eigenvalue weighted by Crippen LogP contribution is -2.26. The van der Waals surface area contributed by atoms with E-state index in [2.05, 4.69) is 9.88 Å². The second-order valence-electron chi connectivity index (χ2n) is 10.3. The van der Waals surface area contributed by atoms with Crippen LogP contribution < -0.4 is 4.90 Å². The molecular formula is C32H35ClN4O4. The third-order valence-corrected chi connectivity index (χ3v) is 7.14. The molecule has 0 aliphatic heterocycles. The van der Waals surface area contributed by atoms with E-state index in [0.29, 0.717) is 40.3 Å². The van der Waals surface area contributed by atoms with Crippen molar-refractivity contribution in [2.24, 2.45) is 4.99 Å². The number of carbonyl (C=O) groups excluding carboxylic acids is 1. The highest BCUT2D eigenvalue weighted by atomic mass is 35.5. The maximum absolute atomic E-state index is 12.7. The van der Waals surface area contributed by atoms with Crippen molar-refractivity contribution in [3.63, 3.8) is 0 Å². The number of unbranched alkanes of at least 4 members (excludes halogenated alkanes) is 1. The first-order valence-electron chi connectivity index (χ1n) is 13.5. The number of halogens is 1. The highest BCUT2D eigenvalue weighted by Gasteiger charge is 2.20. The van der Waals surface area contributed by atoms with E-state index in [-0.39, 0.29) is 18.2 Å². The van der Waals surface area contributed by atoms with Crippen LogP contribution in [0, 0.1) is 0 Å². The van der Waals surface area contributed by atoms with E-state index in [1.165, 1.54) is 0 Å². The third kappa shape index (κ3) is 7.74. The summed E-state index contributed by atoms with van der Waals surface area (Å²) in [6, 6.07) is 20.2. The number of aliphatic carboxylic acids is 1. The van der Waals surface area contributed by atoms with Crippen molar-refractivity contribution in [2.75, 3.05) is 32.6 Å². The van der Waals surface area contributed by atoms with Gasteiger partial charge >= 0.3 is 5.97 Å². The van der Waals surface area contributed by atoms with Gasteiger partial charge in [-0.15, -0.1) is 0 Å². The molecule has 4 rings (SSSR count). The summed E-state index contributed by atoms with van der Waals surface area (Å²) in [6.07, 6.45) is 2.66. The van der Waals surface area contributed by atoms with E-state index in [1.54, 1.807) is 24.1 Å². The van der Waals surface area contributed by atoms with Gasteiger partial charge in [-0.05, 0) is 87.9 Å². The molecule has 0 atom stereocenters. The number of amides is 1. The fourth-order valence-corrected chi connectivity index (χ4v) is 4.85. The number of carbonyl (C=O) groups is 2. The number of benzene rings is 3. The number of aliphatic imine (C=N–C) groups is 1. The SMILES string of the molecule is CN(C)CCCCC(=O)N(C)c1ccc(N=C(c2cccc(CCC(=O)O)c2)c2c(O)[nH]c3cc(Cl)ccc23)cc1. The molecule has 3 N–H and O–H groups in total. The second-order valence-corrected chi connectivity index (χ2v) is 10.8. The summed E-state index contributed by atoms with van der Waals surface area (Å²) in [5.41, 5.74) is 4.68. The maximum Gasteiger partial charge on any atom is 0.303 e. The first kappa shape index (κ1) is 29.8. The monoisotopic (exact) mass is 574 g/mol. The van der Waals surface area contributed by atoms with E-state index < -0.39 is 5.97 Å². The zero-order valence-corrected chi connectivity index (χ0v) is 24.3. The highest BCUT2D eigenvalue weighted by Crippen LogP contribution is 2.33. The molecule has 1 heterocycles. The topological polar surface area (TPSA) is 109 Å². The van der Waals surface area contributed by atoms with E-state index >= 15 is 0 Å². The van der Waals surface area contributed by atoms with Crippen LogP contribution in [-0.4, -0.2) is 65.4 Å². The third-order valence-electron chi connectivity index (χ3n) is 6.90. The van der Waals surface area contributed by atoms with Crippen LogP contribution >= 0.6 is 11.6 Å². The predicted molar refractivity (Wildman–Crippen MR) is 165 cm³/mol. The summed E-state index contributed by atoms with van der Waals surface area (Å²) < 4.78 is 0. The number of aryl methyl sites for hydroxylation is 1. The summed E-state index contributed by atoms with van der Waals surface area (Å²) in [5.74, 6) is -0.859.